The van der Waals surface area contributed by atoms with Gasteiger partial charge in [-0.3, -0.25) is 4.99 Å². The zero-order valence-electron chi connectivity index (χ0n) is 17.1. The third-order valence-electron chi connectivity index (χ3n) is 3.50. The molecule has 4 nitrogen and oxygen atoms in total. The number of rotatable bonds is 4. The fraction of sp³-hybridized carbons (Fsp3) is 0.167. The summed E-state index contributed by atoms with van der Waals surface area (Å²) in [4.78, 5) is 14.8. The predicted octanol–water partition coefficient (Wildman–Crippen LogP) is 4.07. The maximum Gasteiger partial charge on any atom is 2.00 e. The Balaban J connectivity index is 0.000000559. The second-order valence-electron chi connectivity index (χ2n) is 6.25. The largest absolute Gasteiger partial charge is 2.00 e. The number of carbonyl (C=O) groups is 1. The average molecular weight is 650 g/mol. The summed E-state index contributed by atoms with van der Waals surface area (Å²) >= 11 is 6.38. The van der Waals surface area contributed by atoms with Crippen molar-refractivity contribution < 1.29 is 15.0 Å². The van der Waals surface area contributed by atoms with Gasteiger partial charge in [0.25, 0.3) is 0 Å². The maximum atomic E-state index is 11.8. The first-order chi connectivity index (χ1) is 14.3. The minimum atomic E-state index is -1.25. The first-order valence-corrected chi connectivity index (χ1v) is 10.6. The van der Waals surface area contributed by atoms with E-state index in [4.69, 9.17) is 0 Å². The van der Waals surface area contributed by atoms with E-state index in [0.29, 0.717) is 14.5 Å². The van der Waals surface area contributed by atoms with Crippen LogP contribution in [0.5, 0.6) is 5.75 Å². The van der Waals surface area contributed by atoms with Crippen LogP contribution in [0.2, 0.25) is 0 Å². The van der Waals surface area contributed by atoms with E-state index in [-0.39, 0.29) is 35.6 Å². The standard InChI is InChI=1S/C12H13Br2NO3.2C6H5.Sn/c1-6(2)10(12(17)18)15-5-7-3-8(13)4-9(14)11(7)16;2*1-2-4-6-5-3-1;/h3-6,10,16H,1-2H3,(H,17,18);2*1-5H;/q;;;+2/p-2. The molecule has 0 heterocycles. The Morgan fingerprint density at radius 2 is 1.45 bits per heavy atom. The Bertz CT molecular complexity index is 823. The second kappa shape index (κ2) is 17.0. The summed E-state index contributed by atoms with van der Waals surface area (Å²) in [5.74, 6) is -1.68. The van der Waals surface area contributed by atoms with Gasteiger partial charge in [-0.1, -0.05) is 112 Å². The van der Waals surface area contributed by atoms with E-state index < -0.39 is 12.0 Å². The third-order valence-corrected chi connectivity index (χ3v) is 4.55. The van der Waals surface area contributed by atoms with E-state index in [0.717, 1.165) is 0 Å². The van der Waals surface area contributed by atoms with Crippen molar-refractivity contribution in [2.24, 2.45) is 10.9 Å². The molecule has 0 saturated carbocycles. The van der Waals surface area contributed by atoms with Gasteiger partial charge in [0, 0.05) is 15.2 Å². The van der Waals surface area contributed by atoms with Gasteiger partial charge >= 0.3 is 23.9 Å². The molecule has 0 bridgehead atoms. The minimum Gasteiger partial charge on any atom is -0.871 e. The van der Waals surface area contributed by atoms with Crippen molar-refractivity contribution in [3.63, 3.8) is 0 Å². The van der Waals surface area contributed by atoms with E-state index in [9.17, 15) is 15.0 Å². The van der Waals surface area contributed by atoms with Gasteiger partial charge in [0.15, 0.2) is 0 Å². The van der Waals surface area contributed by atoms with Gasteiger partial charge in [-0.15, -0.1) is 0 Å². The van der Waals surface area contributed by atoms with Gasteiger partial charge in [0.1, 0.15) is 0 Å². The normalized spacial score (nSPS) is 10.7. The number of benzene rings is 3. The fourth-order valence-electron chi connectivity index (χ4n) is 2.03. The van der Waals surface area contributed by atoms with E-state index in [2.05, 4.69) is 49.0 Å². The summed E-state index contributed by atoms with van der Waals surface area (Å²) in [5.41, 5.74) is 0.322. The SMILES string of the molecule is CC(C)C(N=Cc1cc(Br)cc(Br)c1[O-])C(=O)[O-].[Sn+2].[c]1ccccc1.[c]1ccccc1. The molecule has 4 radical (unpaired) electrons. The van der Waals surface area contributed by atoms with Crippen LogP contribution in [0.4, 0.5) is 0 Å². The molecule has 0 saturated heterocycles. The molecule has 0 aliphatic rings. The topological polar surface area (TPSA) is 75.5 Å². The zero-order chi connectivity index (χ0) is 22.4. The Kier molecular flexibility index (Phi) is 16.1. The molecule has 3 aromatic carbocycles. The molecular weight excluding hydrogens is 629 g/mol. The van der Waals surface area contributed by atoms with Gasteiger partial charge in [-0.25, -0.2) is 0 Å². The molecule has 0 N–H and O–H groups in total. The summed E-state index contributed by atoms with van der Waals surface area (Å²) in [7, 11) is 0. The molecule has 3 rings (SSSR count). The number of hydrogen-bond donors (Lipinski definition) is 0. The third kappa shape index (κ3) is 12.7. The summed E-state index contributed by atoms with van der Waals surface area (Å²) < 4.78 is 1.11. The van der Waals surface area contributed by atoms with Crippen LogP contribution in [0.15, 0.2) is 86.7 Å². The second-order valence-corrected chi connectivity index (χ2v) is 8.02. The van der Waals surface area contributed by atoms with Gasteiger partial charge in [-0.2, -0.15) is 0 Å². The average Bonchev–Trinajstić information content (AvgIpc) is 2.74. The summed E-state index contributed by atoms with van der Waals surface area (Å²) in [6.45, 7) is 3.46. The number of aliphatic imine (C=N–C) groups is 1. The van der Waals surface area contributed by atoms with Crippen LogP contribution < -0.4 is 10.2 Å². The minimum absolute atomic E-state index is 0. The molecule has 3 aromatic rings. The molecule has 1 atom stereocenters. The number of carboxylic acids is 1. The summed E-state index contributed by atoms with van der Waals surface area (Å²) in [6, 6.07) is 27.3. The van der Waals surface area contributed by atoms with E-state index in [1.807, 2.05) is 60.7 Å². The molecule has 31 heavy (non-hydrogen) atoms. The molecule has 0 fully saturated rings. The predicted molar refractivity (Wildman–Crippen MR) is 129 cm³/mol. The first kappa shape index (κ1) is 29.4. The smallest absolute Gasteiger partial charge is 0.871 e. The van der Waals surface area contributed by atoms with Crippen LogP contribution >= 0.6 is 31.9 Å². The van der Waals surface area contributed by atoms with Crippen LogP contribution in [0.1, 0.15) is 19.4 Å². The number of halogens is 2. The van der Waals surface area contributed by atoms with Crippen molar-refractivity contribution in [2.75, 3.05) is 0 Å². The van der Waals surface area contributed by atoms with Gasteiger partial charge < -0.3 is 15.0 Å². The number of aliphatic carboxylic acids is 1. The van der Waals surface area contributed by atoms with Crippen molar-refractivity contribution in [3.05, 3.63) is 99.4 Å². The van der Waals surface area contributed by atoms with Crippen molar-refractivity contribution in [2.45, 2.75) is 19.9 Å². The summed E-state index contributed by atoms with van der Waals surface area (Å²) in [6.07, 6.45) is 1.28. The Hall–Kier alpha value is -1.64. The van der Waals surface area contributed by atoms with Crippen LogP contribution in [0.25, 0.3) is 0 Å². The first-order valence-electron chi connectivity index (χ1n) is 9.05. The maximum absolute atomic E-state index is 11.8. The number of carbonyl (C=O) groups excluding carboxylic acids is 1. The van der Waals surface area contributed by atoms with Gasteiger partial charge in [0.2, 0.25) is 0 Å². The molecule has 7 heteroatoms. The Morgan fingerprint density at radius 3 is 1.77 bits per heavy atom. The molecule has 0 aliphatic carbocycles. The molecular formula is C24H21Br2NO3Sn. The number of nitrogens with zero attached hydrogens (tertiary/aromatic N) is 1. The van der Waals surface area contributed by atoms with Crippen molar-refractivity contribution in [3.8, 4) is 5.75 Å². The van der Waals surface area contributed by atoms with Crippen LogP contribution in [0, 0.1) is 18.1 Å². The Labute approximate surface area is 217 Å². The van der Waals surface area contributed by atoms with Crippen molar-refractivity contribution in [1.29, 1.82) is 0 Å². The van der Waals surface area contributed by atoms with Crippen molar-refractivity contribution >= 4 is 68.0 Å². The van der Waals surface area contributed by atoms with Crippen molar-refractivity contribution in [1.82, 2.24) is 0 Å². The molecule has 0 amide bonds. The van der Waals surface area contributed by atoms with Crippen LogP contribution in [-0.2, 0) is 4.79 Å². The number of carboxylic acid groups (broad SMARTS) is 1. The summed E-state index contributed by atoms with van der Waals surface area (Å²) in [5, 5.41) is 22.6. The molecule has 1 unspecified atom stereocenters. The van der Waals surface area contributed by atoms with Gasteiger partial charge in [-0.05, 0) is 35.7 Å². The van der Waals surface area contributed by atoms with Crippen LogP contribution in [0.3, 0.4) is 0 Å². The van der Waals surface area contributed by atoms with E-state index in [1.165, 1.54) is 6.21 Å². The fourth-order valence-corrected chi connectivity index (χ4v) is 3.28. The quantitative estimate of drug-likeness (QED) is 0.316. The molecule has 0 aliphatic heterocycles. The molecule has 0 aromatic heterocycles. The number of hydrogen-bond acceptors (Lipinski definition) is 4. The van der Waals surface area contributed by atoms with Crippen LogP contribution in [-0.4, -0.2) is 42.1 Å². The molecule has 158 valence electrons. The van der Waals surface area contributed by atoms with E-state index >= 15 is 0 Å². The monoisotopic (exact) mass is 649 g/mol. The van der Waals surface area contributed by atoms with Gasteiger partial charge in [0.05, 0.1) is 12.0 Å². The van der Waals surface area contributed by atoms with E-state index in [1.54, 1.807) is 26.0 Å². The zero-order valence-corrected chi connectivity index (χ0v) is 23.1. The Morgan fingerprint density at radius 1 is 0.968 bits per heavy atom. The molecule has 0 spiro atoms.